The third-order valence-electron chi connectivity index (χ3n) is 4.02. The maximum atomic E-state index is 7.55. The minimum Gasteiger partial charge on any atom is -0.492 e. The molecule has 4 nitrogen and oxygen atoms in total. The number of aryl methyl sites for hydroxylation is 1. The first kappa shape index (κ1) is 16.7. The van der Waals surface area contributed by atoms with E-state index < -0.39 is 0 Å². The van der Waals surface area contributed by atoms with Crippen molar-refractivity contribution in [1.82, 2.24) is 4.98 Å². The van der Waals surface area contributed by atoms with Crippen LogP contribution in [0.4, 0.5) is 5.69 Å². The van der Waals surface area contributed by atoms with Gasteiger partial charge in [-0.25, -0.2) is 0 Å². The van der Waals surface area contributed by atoms with Crippen LogP contribution in [0.2, 0.25) is 0 Å². The van der Waals surface area contributed by atoms with Gasteiger partial charge in [0.25, 0.3) is 0 Å². The maximum Gasteiger partial charge on any atom is 0.138 e. The van der Waals surface area contributed by atoms with Gasteiger partial charge in [0, 0.05) is 28.6 Å². The minimum absolute atomic E-state index is 0.582. The van der Waals surface area contributed by atoms with Crippen LogP contribution in [0.3, 0.4) is 0 Å². The van der Waals surface area contributed by atoms with Crippen LogP contribution < -0.4 is 10.5 Å². The highest BCUT2D eigenvalue weighted by atomic mass is 16.5. The molecule has 0 fully saturated rings. The van der Waals surface area contributed by atoms with Crippen LogP contribution in [0.15, 0.2) is 54.7 Å². The molecule has 0 saturated carbocycles. The number of rotatable bonds is 5. The Bertz CT molecular complexity index is 919. The van der Waals surface area contributed by atoms with E-state index in [0.717, 1.165) is 28.1 Å². The summed E-state index contributed by atoms with van der Waals surface area (Å²) in [4.78, 5) is 4.65. The lowest BCUT2D eigenvalue weighted by molar-refractivity contribution is 0.339. The van der Waals surface area contributed by atoms with E-state index in [1.54, 1.807) is 6.20 Å². The average molecular weight is 331 g/mol. The molecule has 0 aliphatic heterocycles. The van der Waals surface area contributed by atoms with Gasteiger partial charge < -0.3 is 15.9 Å². The molecular weight excluding hydrogens is 310 g/mol. The summed E-state index contributed by atoms with van der Waals surface area (Å²) in [6.45, 7) is 4.59. The van der Waals surface area contributed by atoms with Gasteiger partial charge in [-0.2, -0.15) is 0 Å². The van der Waals surface area contributed by atoms with Crippen LogP contribution in [0.5, 0.6) is 5.75 Å². The Hall–Kier alpha value is -3.14. The number of hydrogen-bond donors (Lipinski definition) is 2. The lowest BCUT2D eigenvalue weighted by Crippen LogP contribution is -1.97. The van der Waals surface area contributed by atoms with Crippen molar-refractivity contribution in [3.8, 4) is 28.1 Å². The zero-order chi connectivity index (χ0) is 17.8. The monoisotopic (exact) mass is 331 g/mol. The molecule has 0 bridgehead atoms. The molecule has 25 heavy (non-hydrogen) atoms. The fraction of sp³-hybridized carbons (Fsp3) is 0.143. The first-order valence-corrected chi connectivity index (χ1v) is 8.22. The van der Waals surface area contributed by atoms with E-state index >= 15 is 0 Å². The summed E-state index contributed by atoms with van der Waals surface area (Å²) < 4.78 is 5.63. The van der Waals surface area contributed by atoms with Gasteiger partial charge in [0.1, 0.15) is 5.75 Å². The van der Waals surface area contributed by atoms with E-state index in [9.17, 15) is 0 Å². The van der Waals surface area contributed by atoms with Crippen molar-refractivity contribution < 1.29 is 4.74 Å². The van der Waals surface area contributed by atoms with E-state index in [4.69, 9.17) is 15.9 Å². The fourth-order valence-corrected chi connectivity index (χ4v) is 2.80. The molecule has 0 unspecified atom stereocenters. The van der Waals surface area contributed by atoms with Crippen molar-refractivity contribution in [2.75, 3.05) is 12.3 Å². The predicted molar refractivity (Wildman–Crippen MR) is 103 cm³/mol. The van der Waals surface area contributed by atoms with Crippen LogP contribution in [-0.4, -0.2) is 17.8 Å². The zero-order valence-corrected chi connectivity index (χ0v) is 14.4. The molecule has 0 amide bonds. The van der Waals surface area contributed by atoms with Crippen molar-refractivity contribution >= 4 is 11.9 Å². The molecule has 3 rings (SSSR count). The Morgan fingerprint density at radius 3 is 2.68 bits per heavy atom. The van der Waals surface area contributed by atoms with Gasteiger partial charge in [-0.05, 0) is 43.7 Å². The van der Waals surface area contributed by atoms with Crippen molar-refractivity contribution in [3.63, 3.8) is 0 Å². The van der Waals surface area contributed by atoms with E-state index in [1.807, 2.05) is 43.3 Å². The third-order valence-corrected chi connectivity index (χ3v) is 4.02. The summed E-state index contributed by atoms with van der Waals surface area (Å²) in [5.74, 6) is 0.724. The van der Waals surface area contributed by atoms with Crippen LogP contribution in [0.1, 0.15) is 18.1 Å². The Labute approximate surface area is 147 Å². The summed E-state index contributed by atoms with van der Waals surface area (Å²) in [6.07, 6.45) is 3.02. The summed E-state index contributed by atoms with van der Waals surface area (Å²) in [7, 11) is 0. The van der Waals surface area contributed by atoms with E-state index in [2.05, 4.69) is 24.0 Å². The number of ether oxygens (including phenoxy) is 1. The van der Waals surface area contributed by atoms with Gasteiger partial charge in [0.05, 0.1) is 18.5 Å². The number of nitrogens with two attached hydrogens (primary N) is 1. The second-order valence-electron chi connectivity index (χ2n) is 5.86. The number of pyridine rings is 1. The van der Waals surface area contributed by atoms with Crippen LogP contribution >= 0.6 is 0 Å². The molecule has 0 aliphatic carbocycles. The number of nitrogen functional groups attached to an aromatic ring is 1. The highest BCUT2D eigenvalue weighted by Crippen LogP contribution is 2.34. The largest absolute Gasteiger partial charge is 0.492 e. The van der Waals surface area contributed by atoms with Crippen molar-refractivity contribution in [2.45, 2.75) is 13.8 Å². The molecule has 3 N–H and O–H groups in total. The van der Waals surface area contributed by atoms with Crippen LogP contribution in [-0.2, 0) is 0 Å². The summed E-state index contributed by atoms with van der Waals surface area (Å²) >= 11 is 0. The SMILES string of the molecule is CCOc1cnc(-c2cccc(C)c2)c(-c2ccc(N)c(C=N)c2)c1. The van der Waals surface area contributed by atoms with Crippen LogP contribution in [0.25, 0.3) is 22.4 Å². The Balaban J connectivity index is 2.21. The smallest absolute Gasteiger partial charge is 0.138 e. The summed E-state index contributed by atoms with van der Waals surface area (Å²) in [6, 6.07) is 15.9. The number of nitrogens with one attached hydrogen (secondary N) is 1. The van der Waals surface area contributed by atoms with E-state index in [-0.39, 0.29) is 0 Å². The molecule has 0 atom stereocenters. The quantitative estimate of drug-likeness (QED) is 0.525. The fourth-order valence-electron chi connectivity index (χ4n) is 2.80. The molecule has 3 aromatic rings. The highest BCUT2D eigenvalue weighted by molar-refractivity contribution is 5.90. The topological polar surface area (TPSA) is 72.0 Å². The number of hydrogen-bond acceptors (Lipinski definition) is 4. The van der Waals surface area contributed by atoms with Crippen molar-refractivity contribution in [3.05, 3.63) is 65.9 Å². The van der Waals surface area contributed by atoms with Gasteiger partial charge in [0.2, 0.25) is 0 Å². The average Bonchev–Trinajstić information content (AvgIpc) is 2.62. The first-order valence-electron chi connectivity index (χ1n) is 8.22. The Kier molecular flexibility index (Phi) is 4.80. The van der Waals surface area contributed by atoms with Crippen molar-refractivity contribution in [2.24, 2.45) is 0 Å². The molecule has 0 aliphatic rings. The molecule has 0 spiro atoms. The first-order chi connectivity index (χ1) is 12.1. The second kappa shape index (κ2) is 7.18. The van der Waals surface area contributed by atoms with Gasteiger partial charge >= 0.3 is 0 Å². The number of benzene rings is 2. The minimum atomic E-state index is 0.582. The Morgan fingerprint density at radius 1 is 1.12 bits per heavy atom. The van der Waals surface area contributed by atoms with E-state index in [0.29, 0.717) is 17.9 Å². The Morgan fingerprint density at radius 2 is 1.96 bits per heavy atom. The summed E-state index contributed by atoms with van der Waals surface area (Å²) in [5.41, 5.74) is 12.2. The van der Waals surface area contributed by atoms with Gasteiger partial charge in [-0.3, -0.25) is 4.98 Å². The molecule has 4 heteroatoms. The van der Waals surface area contributed by atoms with Gasteiger partial charge in [-0.1, -0.05) is 29.8 Å². The third kappa shape index (κ3) is 3.53. The van der Waals surface area contributed by atoms with Crippen LogP contribution in [0, 0.1) is 12.3 Å². The molecule has 2 aromatic carbocycles. The van der Waals surface area contributed by atoms with Crippen molar-refractivity contribution in [1.29, 1.82) is 5.41 Å². The molecular formula is C21H21N3O. The highest BCUT2D eigenvalue weighted by Gasteiger charge is 2.12. The normalized spacial score (nSPS) is 10.5. The van der Waals surface area contributed by atoms with E-state index in [1.165, 1.54) is 11.8 Å². The zero-order valence-electron chi connectivity index (χ0n) is 14.4. The molecule has 1 heterocycles. The standard InChI is InChI=1S/C21H21N3O/c1-3-25-18-11-19(15-7-8-20(23)17(10-15)12-22)21(24-13-18)16-6-4-5-14(2)9-16/h4-13,22H,3,23H2,1-2H3. The number of aromatic nitrogens is 1. The molecule has 0 radical (unpaired) electrons. The molecule has 126 valence electrons. The lowest BCUT2D eigenvalue weighted by atomic mass is 9.96. The molecule has 1 aromatic heterocycles. The molecule has 0 saturated heterocycles. The summed E-state index contributed by atoms with van der Waals surface area (Å²) in [5, 5.41) is 7.55. The lowest BCUT2D eigenvalue weighted by Gasteiger charge is -2.13. The number of anilines is 1. The second-order valence-corrected chi connectivity index (χ2v) is 5.86. The number of nitrogens with zero attached hydrogens (tertiary/aromatic N) is 1. The van der Waals surface area contributed by atoms with Gasteiger partial charge in [-0.15, -0.1) is 0 Å². The predicted octanol–water partition coefficient (Wildman–Crippen LogP) is 4.70. The maximum absolute atomic E-state index is 7.55. The van der Waals surface area contributed by atoms with Gasteiger partial charge in [0.15, 0.2) is 0 Å².